The summed E-state index contributed by atoms with van der Waals surface area (Å²) >= 11 is 8.13. The second kappa shape index (κ2) is 6.80. The van der Waals surface area contributed by atoms with E-state index in [4.69, 9.17) is 11.6 Å². The highest BCUT2D eigenvalue weighted by Crippen LogP contribution is 2.47. The highest BCUT2D eigenvalue weighted by Gasteiger charge is 2.40. The van der Waals surface area contributed by atoms with E-state index in [0.717, 1.165) is 16.1 Å². The van der Waals surface area contributed by atoms with Crippen LogP contribution in [0.1, 0.15) is 25.5 Å². The first-order valence-electron chi connectivity index (χ1n) is 8.40. The van der Waals surface area contributed by atoms with Crippen molar-refractivity contribution in [1.29, 1.82) is 0 Å². The summed E-state index contributed by atoms with van der Waals surface area (Å²) < 4.78 is 14.2. The van der Waals surface area contributed by atoms with Gasteiger partial charge in [-0.25, -0.2) is 4.21 Å². The summed E-state index contributed by atoms with van der Waals surface area (Å²) in [6.07, 6.45) is 5.94. The Morgan fingerprint density at radius 2 is 2.00 bits per heavy atom. The molecule has 1 aliphatic rings. The summed E-state index contributed by atoms with van der Waals surface area (Å²) in [5.41, 5.74) is 5.57. The van der Waals surface area contributed by atoms with Crippen molar-refractivity contribution >= 4 is 39.6 Å². The molecule has 1 aliphatic carbocycles. The average molecular weight is 403 g/mol. The van der Waals surface area contributed by atoms with Crippen molar-refractivity contribution in [3.63, 3.8) is 0 Å². The van der Waals surface area contributed by atoms with Crippen LogP contribution in [0.3, 0.4) is 0 Å². The molecule has 26 heavy (non-hydrogen) atoms. The predicted molar refractivity (Wildman–Crippen MR) is 112 cm³/mol. The maximum absolute atomic E-state index is 11.3. The number of thiophene rings is 1. The Hall–Kier alpha value is -1.69. The molecule has 4 rings (SSSR count). The van der Waals surface area contributed by atoms with Crippen LogP contribution in [-0.2, 0) is 16.4 Å². The van der Waals surface area contributed by atoms with E-state index in [-0.39, 0.29) is 5.41 Å². The lowest BCUT2D eigenvalue weighted by molar-refractivity contribution is 0.690. The maximum Gasteiger partial charge on any atom is 0.113 e. The number of anilines is 1. The van der Waals surface area contributed by atoms with Gasteiger partial charge in [-0.3, -0.25) is 4.98 Å². The predicted octanol–water partition coefficient (Wildman–Crippen LogP) is 5.89. The topological polar surface area (TPSA) is 42.0 Å². The fraction of sp³-hybridized carbons (Fsp3) is 0.250. The number of nitrogens with one attached hydrogen (secondary N) is 1. The molecular weight excluding hydrogens is 384 g/mol. The van der Waals surface area contributed by atoms with Crippen LogP contribution in [0.5, 0.6) is 0 Å². The van der Waals surface area contributed by atoms with E-state index in [0.29, 0.717) is 5.02 Å². The highest BCUT2D eigenvalue weighted by molar-refractivity contribution is 7.85. The van der Waals surface area contributed by atoms with Crippen LogP contribution in [0, 0.1) is 0 Å². The van der Waals surface area contributed by atoms with Gasteiger partial charge < -0.3 is 4.72 Å². The van der Waals surface area contributed by atoms with Crippen molar-refractivity contribution in [2.45, 2.75) is 25.2 Å². The molecular formula is C20H19ClN2OS2. The number of pyridine rings is 1. The number of hydrogen-bond donors (Lipinski definition) is 1. The fourth-order valence-corrected chi connectivity index (χ4v) is 4.71. The molecule has 1 aromatic carbocycles. The van der Waals surface area contributed by atoms with Crippen molar-refractivity contribution in [2.24, 2.45) is 0 Å². The lowest BCUT2D eigenvalue weighted by Crippen LogP contribution is -2.02. The van der Waals surface area contributed by atoms with Crippen LogP contribution >= 0.6 is 22.9 Å². The zero-order chi connectivity index (χ0) is 18.3. The van der Waals surface area contributed by atoms with E-state index in [2.05, 4.69) is 40.2 Å². The third-order valence-electron chi connectivity index (χ3n) is 4.81. The Bertz CT molecular complexity index is 995. The van der Waals surface area contributed by atoms with Gasteiger partial charge in [0.05, 0.1) is 5.02 Å². The Kier molecular flexibility index (Phi) is 4.63. The van der Waals surface area contributed by atoms with E-state index in [9.17, 15) is 4.21 Å². The summed E-state index contributed by atoms with van der Waals surface area (Å²) in [6.45, 7) is 2.27. The van der Waals surface area contributed by atoms with Crippen LogP contribution in [0.2, 0.25) is 5.02 Å². The van der Waals surface area contributed by atoms with Crippen LogP contribution < -0.4 is 4.72 Å². The minimum Gasteiger partial charge on any atom is -0.305 e. The third-order valence-corrected chi connectivity index (χ3v) is 6.61. The zero-order valence-electron chi connectivity index (χ0n) is 14.6. The number of aromatic nitrogens is 1. The molecule has 3 aromatic rings. The van der Waals surface area contributed by atoms with Crippen molar-refractivity contribution in [3.05, 3.63) is 58.7 Å². The Balaban J connectivity index is 1.63. The number of halogens is 1. The third kappa shape index (κ3) is 3.56. The van der Waals surface area contributed by atoms with Gasteiger partial charge in [0, 0.05) is 39.7 Å². The minimum atomic E-state index is -1.11. The fourth-order valence-electron chi connectivity index (χ4n) is 2.96. The molecule has 1 atom stereocenters. The lowest BCUT2D eigenvalue weighted by atomic mass is 10.0. The summed E-state index contributed by atoms with van der Waals surface area (Å²) in [4.78, 5) is 5.68. The van der Waals surface area contributed by atoms with E-state index >= 15 is 0 Å². The molecule has 0 amide bonds. The molecule has 2 heterocycles. The van der Waals surface area contributed by atoms with Crippen LogP contribution in [0.15, 0.2) is 48.0 Å². The monoisotopic (exact) mass is 402 g/mol. The molecule has 1 saturated carbocycles. The smallest absolute Gasteiger partial charge is 0.113 e. The average Bonchev–Trinajstić information content (AvgIpc) is 3.18. The van der Waals surface area contributed by atoms with Gasteiger partial charge in [0.25, 0.3) is 0 Å². The van der Waals surface area contributed by atoms with Gasteiger partial charge in [-0.2, -0.15) is 0 Å². The molecule has 0 bridgehead atoms. The Labute approximate surface area is 165 Å². The first kappa shape index (κ1) is 17.7. The Morgan fingerprint density at radius 3 is 2.69 bits per heavy atom. The Morgan fingerprint density at radius 1 is 1.19 bits per heavy atom. The van der Waals surface area contributed by atoms with Gasteiger partial charge in [0.15, 0.2) is 0 Å². The van der Waals surface area contributed by atoms with Crippen molar-refractivity contribution in [1.82, 2.24) is 4.98 Å². The largest absolute Gasteiger partial charge is 0.305 e. The zero-order valence-corrected chi connectivity index (χ0v) is 17.0. The van der Waals surface area contributed by atoms with Gasteiger partial charge in [0.2, 0.25) is 0 Å². The minimum absolute atomic E-state index is 0.264. The molecule has 1 N–H and O–H groups in total. The SMILES string of the molecule is CS(=O)Nc1ccc(-c2cc(-c3ccnc(C4(C)CC4)c3)cs2)c(Cl)c1. The van der Waals surface area contributed by atoms with Gasteiger partial charge in [-0.05, 0) is 65.7 Å². The molecule has 6 heteroatoms. The molecule has 0 saturated heterocycles. The highest BCUT2D eigenvalue weighted by atomic mass is 35.5. The molecule has 134 valence electrons. The molecule has 2 aromatic heterocycles. The van der Waals surface area contributed by atoms with Crippen molar-refractivity contribution in [2.75, 3.05) is 11.0 Å². The summed E-state index contributed by atoms with van der Waals surface area (Å²) in [6, 6.07) is 12.1. The molecule has 1 fully saturated rings. The van der Waals surface area contributed by atoms with E-state index in [1.807, 2.05) is 24.4 Å². The molecule has 0 radical (unpaired) electrons. The van der Waals surface area contributed by atoms with Crippen LogP contribution in [0.4, 0.5) is 5.69 Å². The van der Waals surface area contributed by atoms with Gasteiger partial charge >= 0.3 is 0 Å². The van der Waals surface area contributed by atoms with Gasteiger partial charge in [-0.15, -0.1) is 11.3 Å². The standard InChI is InChI=1S/C20H19ClN2OS2/c1-20(6-7-20)19-10-13(5-8-22-19)14-9-18(25-12-14)16-4-3-15(11-17(16)21)23-26(2)24/h3-5,8-12,23H,6-7H2,1-2H3. The second-order valence-electron chi connectivity index (χ2n) is 6.94. The molecule has 0 aliphatic heterocycles. The maximum atomic E-state index is 11.3. The van der Waals surface area contributed by atoms with Gasteiger partial charge in [0.1, 0.15) is 11.0 Å². The summed E-state index contributed by atoms with van der Waals surface area (Å²) in [5.74, 6) is 0. The molecule has 0 spiro atoms. The molecule has 3 nitrogen and oxygen atoms in total. The lowest BCUT2D eigenvalue weighted by Gasteiger charge is -2.08. The van der Waals surface area contributed by atoms with E-state index < -0.39 is 11.0 Å². The quantitative estimate of drug-likeness (QED) is 0.578. The summed E-state index contributed by atoms with van der Waals surface area (Å²) in [7, 11) is -1.11. The number of benzene rings is 1. The van der Waals surface area contributed by atoms with Crippen molar-refractivity contribution < 1.29 is 4.21 Å². The van der Waals surface area contributed by atoms with Crippen LogP contribution in [0.25, 0.3) is 21.6 Å². The number of rotatable bonds is 5. The second-order valence-corrected chi connectivity index (χ2v) is 9.37. The van der Waals surface area contributed by atoms with E-state index in [1.165, 1.54) is 29.7 Å². The number of nitrogens with zero attached hydrogens (tertiary/aromatic N) is 1. The molecule has 1 unspecified atom stereocenters. The normalized spacial score (nSPS) is 16.3. The van der Waals surface area contributed by atoms with Crippen molar-refractivity contribution in [3.8, 4) is 21.6 Å². The van der Waals surface area contributed by atoms with E-state index in [1.54, 1.807) is 17.6 Å². The first-order chi connectivity index (χ1) is 12.4. The number of hydrogen-bond acceptors (Lipinski definition) is 3. The van der Waals surface area contributed by atoms with Gasteiger partial charge in [-0.1, -0.05) is 18.5 Å². The van der Waals surface area contributed by atoms with Crippen LogP contribution in [-0.4, -0.2) is 15.4 Å². The first-order valence-corrected chi connectivity index (χ1v) is 11.2. The summed E-state index contributed by atoms with van der Waals surface area (Å²) in [5, 5.41) is 2.81.